The molecule has 0 aromatic heterocycles. The van der Waals surface area contributed by atoms with Gasteiger partial charge in [0.05, 0.1) is 21.3 Å². The number of carbonyl (C=O) groups excluding carboxylic acids is 1. The van der Waals surface area contributed by atoms with Gasteiger partial charge < -0.3 is 5.32 Å². The first kappa shape index (κ1) is 16.1. The standard InChI is InChI=1S/C13H17ClFNO2S/c1-13(2,3)19(18)10-6-4-5-9(15)11(10)12(17)16-8-7-14/h4-6H,7-8H2,1-3H3,(H,16,17). The van der Waals surface area contributed by atoms with Crippen LogP contribution < -0.4 is 5.32 Å². The highest BCUT2D eigenvalue weighted by Gasteiger charge is 2.27. The number of amides is 1. The van der Waals surface area contributed by atoms with Gasteiger partial charge >= 0.3 is 0 Å². The molecule has 1 N–H and O–H groups in total. The Morgan fingerprint density at radius 1 is 1.42 bits per heavy atom. The van der Waals surface area contributed by atoms with E-state index in [0.717, 1.165) is 0 Å². The summed E-state index contributed by atoms with van der Waals surface area (Å²) in [6.45, 7) is 5.55. The van der Waals surface area contributed by atoms with E-state index < -0.39 is 27.3 Å². The summed E-state index contributed by atoms with van der Waals surface area (Å²) in [5.41, 5.74) is -0.166. The van der Waals surface area contributed by atoms with Crippen molar-refractivity contribution in [1.29, 1.82) is 0 Å². The lowest BCUT2D eigenvalue weighted by molar-refractivity contribution is 0.0948. The van der Waals surface area contributed by atoms with E-state index in [9.17, 15) is 13.4 Å². The Labute approximate surface area is 120 Å². The summed E-state index contributed by atoms with van der Waals surface area (Å²) in [7, 11) is -1.48. The lowest BCUT2D eigenvalue weighted by Gasteiger charge is -2.20. The van der Waals surface area contributed by atoms with Crippen molar-refractivity contribution >= 4 is 28.3 Å². The molecule has 3 nitrogen and oxygen atoms in total. The van der Waals surface area contributed by atoms with Crippen LogP contribution in [0.5, 0.6) is 0 Å². The lowest BCUT2D eigenvalue weighted by Crippen LogP contribution is -2.30. The molecule has 0 saturated carbocycles. The van der Waals surface area contributed by atoms with Crippen LogP contribution in [0.3, 0.4) is 0 Å². The second kappa shape index (κ2) is 6.48. The molecule has 1 amide bonds. The summed E-state index contributed by atoms with van der Waals surface area (Å²) in [6, 6.07) is 4.14. The quantitative estimate of drug-likeness (QED) is 0.869. The minimum Gasteiger partial charge on any atom is -0.351 e. The highest BCUT2D eigenvalue weighted by atomic mass is 35.5. The minimum atomic E-state index is -1.48. The van der Waals surface area contributed by atoms with E-state index in [4.69, 9.17) is 11.6 Å². The smallest absolute Gasteiger partial charge is 0.255 e. The van der Waals surface area contributed by atoms with Gasteiger partial charge in [0.15, 0.2) is 0 Å². The summed E-state index contributed by atoms with van der Waals surface area (Å²) < 4.78 is 25.6. The van der Waals surface area contributed by atoms with Crippen molar-refractivity contribution in [3.63, 3.8) is 0 Å². The largest absolute Gasteiger partial charge is 0.351 e. The van der Waals surface area contributed by atoms with Gasteiger partial charge in [0.25, 0.3) is 5.91 Å². The maximum Gasteiger partial charge on any atom is 0.255 e. The van der Waals surface area contributed by atoms with Crippen LogP contribution in [0.2, 0.25) is 0 Å². The van der Waals surface area contributed by atoms with Crippen molar-refractivity contribution in [1.82, 2.24) is 5.32 Å². The van der Waals surface area contributed by atoms with Crippen LogP contribution in [0, 0.1) is 5.82 Å². The Morgan fingerprint density at radius 3 is 2.58 bits per heavy atom. The molecule has 1 aromatic carbocycles. The van der Waals surface area contributed by atoms with Crippen molar-refractivity contribution < 1.29 is 13.4 Å². The molecular formula is C13H17ClFNO2S. The summed E-state index contributed by atoms with van der Waals surface area (Å²) in [6.07, 6.45) is 0. The molecule has 0 saturated heterocycles. The summed E-state index contributed by atoms with van der Waals surface area (Å²) >= 11 is 5.48. The van der Waals surface area contributed by atoms with Gasteiger partial charge in [-0.25, -0.2) is 4.39 Å². The van der Waals surface area contributed by atoms with E-state index in [1.165, 1.54) is 18.2 Å². The molecule has 0 heterocycles. The normalized spacial score (nSPS) is 13.1. The van der Waals surface area contributed by atoms with Crippen LogP contribution >= 0.6 is 11.6 Å². The lowest BCUT2D eigenvalue weighted by atomic mass is 10.2. The first-order valence-electron chi connectivity index (χ1n) is 5.83. The molecular weight excluding hydrogens is 289 g/mol. The number of hydrogen-bond acceptors (Lipinski definition) is 2. The molecule has 19 heavy (non-hydrogen) atoms. The van der Waals surface area contributed by atoms with Gasteiger partial charge in [-0.2, -0.15) is 0 Å². The highest BCUT2D eigenvalue weighted by Crippen LogP contribution is 2.25. The van der Waals surface area contributed by atoms with Crippen LogP contribution in [0.1, 0.15) is 31.1 Å². The number of halogens is 2. The van der Waals surface area contributed by atoms with E-state index in [2.05, 4.69) is 5.32 Å². The molecule has 1 unspecified atom stereocenters. The minimum absolute atomic E-state index is 0.166. The number of nitrogens with one attached hydrogen (secondary N) is 1. The van der Waals surface area contributed by atoms with Crippen molar-refractivity contribution in [2.24, 2.45) is 0 Å². The van der Waals surface area contributed by atoms with Crippen LogP contribution in [0.25, 0.3) is 0 Å². The molecule has 1 rings (SSSR count). The third kappa shape index (κ3) is 4.01. The van der Waals surface area contributed by atoms with Crippen LogP contribution in [0.15, 0.2) is 23.1 Å². The zero-order chi connectivity index (χ0) is 14.6. The van der Waals surface area contributed by atoms with Gasteiger partial charge in [0.1, 0.15) is 5.82 Å². The number of carbonyl (C=O) groups is 1. The molecule has 0 radical (unpaired) electrons. The fraction of sp³-hybridized carbons (Fsp3) is 0.462. The Hall–Kier alpha value is -0.940. The Balaban J connectivity index is 3.23. The Morgan fingerprint density at radius 2 is 2.05 bits per heavy atom. The van der Waals surface area contributed by atoms with Gasteiger partial charge in [-0.05, 0) is 32.9 Å². The first-order valence-corrected chi connectivity index (χ1v) is 7.52. The van der Waals surface area contributed by atoms with Gasteiger partial charge in [-0.1, -0.05) is 6.07 Å². The molecule has 1 aromatic rings. The SMILES string of the molecule is CC(C)(C)S(=O)c1cccc(F)c1C(=O)NCCCl. The van der Waals surface area contributed by atoms with Gasteiger partial charge in [-0.15, -0.1) is 11.6 Å². The van der Waals surface area contributed by atoms with Gasteiger partial charge in [0, 0.05) is 17.2 Å². The molecule has 0 aliphatic heterocycles. The zero-order valence-electron chi connectivity index (χ0n) is 11.1. The molecule has 0 fully saturated rings. The third-order valence-corrected chi connectivity index (χ3v) is 4.38. The molecule has 0 aliphatic rings. The predicted octanol–water partition coefficient (Wildman–Crippen LogP) is 2.70. The van der Waals surface area contributed by atoms with E-state index in [1.807, 2.05) is 0 Å². The molecule has 6 heteroatoms. The molecule has 106 valence electrons. The summed E-state index contributed by atoms with van der Waals surface area (Å²) in [4.78, 5) is 12.1. The van der Waals surface area contributed by atoms with Crippen LogP contribution in [-0.4, -0.2) is 27.3 Å². The Kier molecular flexibility index (Phi) is 5.50. The van der Waals surface area contributed by atoms with Crippen molar-refractivity contribution in [2.75, 3.05) is 12.4 Å². The van der Waals surface area contributed by atoms with Crippen molar-refractivity contribution in [3.8, 4) is 0 Å². The number of benzene rings is 1. The molecule has 0 aliphatic carbocycles. The van der Waals surface area contributed by atoms with E-state index in [-0.39, 0.29) is 22.9 Å². The maximum absolute atomic E-state index is 13.8. The van der Waals surface area contributed by atoms with Crippen LogP contribution in [0.4, 0.5) is 4.39 Å². The van der Waals surface area contributed by atoms with E-state index >= 15 is 0 Å². The molecule has 1 atom stereocenters. The number of rotatable bonds is 4. The summed E-state index contributed by atoms with van der Waals surface area (Å²) in [5, 5.41) is 2.49. The number of hydrogen-bond donors (Lipinski definition) is 1. The second-order valence-electron chi connectivity index (χ2n) is 4.94. The predicted molar refractivity (Wildman–Crippen MR) is 75.6 cm³/mol. The third-order valence-electron chi connectivity index (χ3n) is 2.34. The monoisotopic (exact) mass is 305 g/mol. The maximum atomic E-state index is 13.8. The molecule has 0 spiro atoms. The van der Waals surface area contributed by atoms with E-state index in [0.29, 0.717) is 0 Å². The molecule has 0 bridgehead atoms. The second-order valence-corrected chi connectivity index (χ2v) is 7.52. The average molecular weight is 306 g/mol. The highest BCUT2D eigenvalue weighted by molar-refractivity contribution is 7.86. The Bertz CT molecular complexity index is 500. The number of alkyl halides is 1. The van der Waals surface area contributed by atoms with Gasteiger partial charge in [0.2, 0.25) is 0 Å². The fourth-order valence-corrected chi connectivity index (χ4v) is 2.79. The van der Waals surface area contributed by atoms with Crippen LogP contribution in [-0.2, 0) is 10.8 Å². The fourth-order valence-electron chi connectivity index (χ4n) is 1.46. The van der Waals surface area contributed by atoms with E-state index in [1.54, 1.807) is 20.8 Å². The first-order chi connectivity index (χ1) is 8.79. The van der Waals surface area contributed by atoms with Gasteiger partial charge in [-0.3, -0.25) is 9.00 Å². The summed E-state index contributed by atoms with van der Waals surface area (Å²) in [5.74, 6) is -1.04. The zero-order valence-corrected chi connectivity index (χ0v) is 12.7. The van der Waals surface area contributed by atoms with Crippen molar-refractivity contribution in [3.05, 3.63) is 29.6 Å². The topological polar surface area (TPSA) is 46.2 Å². The van der Waals surface area contributed by atoms with Crippen molar-refractivity contribution in [2.45, 2.75) is 30.4 Å². The average Bonchev–Trinajstić information content (AvgIpc) is 2.33.